The molecular weight excluding hydrogens is 1530 g/mol. The summed E-state index contributed by atoms with van der Waals surface area (Å²) in [5, 5.41) is 14.1. The van der Waals surface area contributed by atoms with Crippen molar-refractivity contribution in [2.45, 2.75) is 85.5 Å². The highest BCUT2D eigenvalue weighted by Crippen LogP contribution is 2.40. The molecule has 3 aromatic carbocycles. The minimum atomic E-state index is -0.522. The van der Waals surface area contributed by atoms with Crippen LogP contribution in [0.1, 0.15) is 113 Å². The molecule has 9 aromatic heterocycles. The summed E-state index contributed by atoms with van der Waals surface area (Å²) in [4.78, 5) is 107. The van der Waals surface area contributed by atoms with Crippen LogP contribution in [0.2, 0.25) is 0 Å². The molecule has 0 radical (unpaired) electrons. The first-order valence-corrected chi connectivity index (χ1v) is 41.4. The molecule has 12 aromatic rings. The number of halogens is 3. The van der Waals surface area contributed by atoms with Gasteiger partial charge in [0.25, 0.3) is 17.7 Å². The van der Waals surface area contributed by atoms with Crippen LogP contribution >= 0.6 is 0 Å². The number of aromatic nitrogens is 12. The lowest BCUT2D eigenvalue weighted by Gasteiger charge is -2.35. The van der Waals surface area contributed by atoms with Gasteiger partial charge < -0.3 is 89.6 Å². The summed E-state index contributed by atoms with van der Waals surface area (Å²) in [5.41, 5.74) is 8.11. The second-order valence-corrected chi connectivity index (χ2v) is 31.0. The Morgan fingerprint density at radius 2 is 0.700 bits per heavy atom. The van der Waals surface area contributed by atoms with Gasteiger partial charge in [-0.1, -0.05) is 6.92 Å². The number of fused-ring (bicyclic) bond motifs is 3. The number of benzene rings is 3. The summed E-state index contributed by atoms with van der Waals surface area (Å²) in [6, 6.07) is 26.7. The van der Waals surface area contributed by atoms with Crippen molar-refractivity contribution in [3.8, 4) is 34.9 Å². The Labute approximate surface area is 692 Å². The van der Waals surface area contributed by atoms with Crippen molar-refractivity contribution in [1.29, 1.82) is 0 Å². The highest BCUT2D eigenvalue weighted by Gasteiger charge is 2.33. The summed E-state index contributed by atoms with van der Waals surface area (Å²) in [6.45, 7) is 24.2. The van der Waals surface area contributed by atoms with E-state index in [-0.39, 0.29) is 86.8 Å². The van der Waals surface area contributed by atoms with Crippen molar-refractivity contribution in [3.63, 3.8) is 0 Å². The molecule has 0 spiro atoms. The number of hydrogen-bond donors (Lipinski definition) is 7. The Morgan fingerprint density at radius 1 is 0.383 bits per heavy atom. The Kier molecular flexibility index (Phi) is 25.0. The molecule has 15 heterocycles. The number of piperidine rings is 3. The number of likely N-dealkylation sites (tertiary alicyclic amines) is 3. The zero-order valence-electron chi connectivity index (χ0n) is 68.1. The van der Waals surface area contributed by atoms with Gasteiger partial charge in [-0.3, -0.25) is 14.4 Å². The normalized spacial score (nSPS) is 16.2. The molecule has 0 bridgehead atoms. The number of aromatic amines is 3. The number of amides is 3. The molecule has 0 aliphatic carbocycles. The van der Waals surface area contributed by atoms with Gasteiger partial charge in [-0.05, 0) is 183 Å². The Bertz CT molecular complexity index is 5600. The van der Waals surface area contributed by atoms with E-state index in [1.165, 1.54) is 31.1 Å². The van der Waals surface area contributed by atoms with Crippen molar-refractivity contribution < 1.29 is 41.8 Å². The van der Waals surface area contributed by atoms with Crippen LogP contribution in [0, 0.1) is 38.2 Å². The maximum atomic E-state index is 15.4. The molecule has 6 saturated heterocycles. The minimum Gasteiger partial charge on any atom is -0.435 e. The fourth-order valence-electron chi connectivity index (χ4n) is 16.0. The topological polar surface area (TPSA) is 316 Å². The van der Waals surface area contributed by atoms with Crippen molar-refractivity contribution in [1.82, 2.24) is 89.6 Å². The van der Waals surface area contributed by atoms with Crippen molar-refractivity contribution in [3.05, 3.63) is 180 Å². The van der Waals surface area contributed by atoms with E-state index >= 15 is 13.2 Å². The predicted octanol–water partition coefficient (Wildman–Crippen LogP) is 14.2. The number of H-pyrrole nitrogens is 3. The van der Waals surface area contributed by atoms with Gasteiger partial charge in [-0.15, -0.1) is 0 Å². The molecule has 7 N–H and O–H groups in total. The Balaban J connectivity index is 0.000000134. The standard InChI is InChI=1S/C30H35FN8O2.C29H33FN8O2.C28H31FN8O2/c1-3-37-13-15-38(16-14-37)21-7-10-25(32-18-21)36-28-26(30(40)39-11-5-4-6-12-39)29(34-19-33-28)41-24-9-8-23-22(27(24)31)17-20(2)35-23;1-19-16-21-22(34-19)7-8-23(26(21)30)40-28-25(29(39)38-10-4-3-5-11-38)27(32-18-33-28)35-24-9-6-20(17-31-24)37-14-12-36(2)13-15-37;1-18-15-20-21(34-18)6-7-22(25(20)29)39-27-24(28(38)37-11-3-2-4-12-37)26(32-17-33-27)35-23-8-5-19(16-31-23)36-13-9-30-10-14-36/h7-10,17-19,35H,3-6,11-16H2,1-2H3,(H,32,33,34,36);6-9,16-18,34H,3-5,10-15H2,1-2H3,(H,31,32,33,35);5-8,15-17,30,34H,2-4,9-14H2,1H3,(H,31,32,33,35). The number of nitrogens with one attached hydrogen (secondary N) is 7. The first kappa shape index (κ1) is 81.0. The number of piperazine rings is 3. The molecular formula is C87H99F3N24O6. The molecule has 3 amide bonds. The van der Waals surface area contributed by atoms with Crippen LogP contribution in [0.15, 0.2) is 129 Å². The monoisotopic (exact) mass is 1630 g/mol. The third kappa shape index (κ3) is 18.6. The number of rotatable bonds is 19. The number of nitrogens with zero attached hydrogens (tertiary/aromatic N) is 17. The number of carbonyl (C=O) groups is 3. The second-order valence-electron chi connectivity index (χ2n) is 31.0. The summed E-state index contributed by atoms with van der Waals surface area (Å²) in [5.74, 6) is -0.0173. The Hall–Kier alpha value is -12.8. The van der Waals surface area contributed by atoms with E-state index in [1.807, 2.05) is 75.8 Å². The quantitative estimate of drug-likeness (QED) is 0.0395. The molecule has 0 atom stereocenters. The third-order valence-electron chi connectivity index (χ3n) is 22.7. The number of anilines is 9. The molecule has 120 heavy (non-hydrogen) atoms. The van der Waals surface area contributed by atoms with Crippen LogP contribution < -0.4 is 50.2 Å². The van der Waals surface area contributed by atoms with E-state index in [2.05, 4.69) is 120 Å². The molecule has 30 nitrogen and oxygen atoms in total. The summed E-state index contributed by atoms with van der Waals surface area (Å²) in [7, 11) is 2.12. The molecule has 0 unspecified atom stereocenters. The van der Waals surface area contributed by atoms with E-state index < -0.39 is 17.5 Å². The highest BCUT2D eigenvalue weighted by molar-refractivity contribution is 6.03. The van der Waals surface area contributed by atoms with Crippen LogP contribution in [0.3, 0.4) is 0 Å². The van der Waals surface area contributed by atoms with E-state index in [4.69, 9.17) is 14.2 Å². The molecule has 6 fully saturated rings. The Morgan fingerprint density at radius 3 is 1.01 bits per heavy atom. The largest absolute Gasteiger partial charge is 0.435 e. The first-order chi connectivity index (χ1) is 58.5. The van der Waals surface area contributed by atoms with Crippen LogP contribution in [0.25, 0.3) is 32.7 Å². The van der Waals surface area contributed by atoms with Crippen LogP contribution in [-0.2, 0) is 0 Å². The lowest BCUT2D eigenvalue weighted by molar-refractivity contribution is 0.0713. The lowest BCUT2D eigenvalue weighted by atomic mass is 10.1. The third-order valence-corrected chi connectivity index (χ3v) is 22.7. The zero-order valence-corrected chi connectivity index (χ0v) is 68.1. The van der Waals surface area contributed by atoms with Gasteiger partial charge in [0, 0.05) is 168 Å². The number of likely N-dealkylation sites (N-methyl/N-ethyl adjacent to an activating group) is 2. The van der Waals surface area contributed by atoms with Crippen LogP contribution in [0.4, 0.5) is 65.1 Å². The van der Waals surface area contributed by atoms with Gasteiger partial charge in [-0.2, -0.15) is 0 Å². The van der Waals surface area contributed by atoms with Crippen LogP contribution in [-0.4, -0.2) is 233 Å². The smallest absolute Gasteiger partial charge is 0.263 e. The minimum absolute atomic E-state index is 0.00556. The fourth-order valence-corrected chi connectivity index (χ4v) is 16.0. The van der Waals surface area contributed by atoms with Crippen molar-refractivity contribution >= 4 is 102 Å². The highest BCUT2D eigenvalue weighted by atomic mass is 19.1. The van der Waals surface area contributed by atoms with Gasteiger partial charge in [0.1, 0.15) is 53.1 Å². The summed E-state index contributed by atoms with van der Waals surface area (Å²) >= 11 is 0. The lowest BCUT2D eigenvalue weighted by Crippen LogP contribution is -2.46. The molecule has 6 aliphatic heterocycles. The van der Waals surface area contributed by atoms with Crippen molar-refractivity contribution in [2.75, 3.05) is 162 Å². The predicted molar refractivity (Wildman–Crippen MR) is 456 cm³/mol. The van der Waals surface area contributed by atoms with Gasteiger partial charge in [-0.25, -0.2) is 58.0 Å². The molecule has 18 rings (SSSR count). The fraction of sp³-hybridized carbons (Fsp3) is 0.379. The maximum Gasteiger partial charge on any atom is 0.263 e. The van der Waals surface area contributed by atoms with E-state index in [1.54, 1.807) is 57.2 Å². The van der Waals surface area contributed by atoms with Crippen LogP contribution in [0.5, 0.6) is 34.9 Å². The average Bonchev–Trinajstić information content (AvgIpc) is 1.41. The summed E-state index contributed by atoms with van der Waals surface area (Å²) in [6.07, 6.45) is 18.1. The van der Waals surface area contributed by atoms with Gasteiger partial charge in [0.2, 0.25) is 17.6 Å². The van der Waals surface area contributed by atoms with Gasteiger partial charge in [0.15, 0.2) is 52.2 Å². The molecule has 6 aliphatic rings. The zero-order chi connectivity index (χ0) is 82.8. The second kappa shape index (κ2) is 37.0. The molecule has 0 saturated carbocycles. The molecule has 624 valence electrons. The molecule has 33 heteroatoms. The number of carbonyl (C=O) groups excluding carboxylic acids is 3. The number of ether oxygens (including phenoxy) is 3. The van der Waals surface area contributed by atoms with E-state index in [9.17, 15) is 14.4 Å². The van der Waals surface area contributed by atoms with Crippen molar-refractivity contribution in [2.24, 2.45) is 0 Å². The van der Waals surface area contributed by atoms with Gasteiger partial charge in [0.05, 0.1) is 35.7 Å². The first-order valence-electron chi connectivity index (χ1n) is 41.4. The number of hydrogen-bond acceptors (Lipinski definition) is 24. The maximum absolute atomic E-state index is 15.4. The SMILES string of the molecule is CCN1CCN(c2ccc(Nc3ncnc(Oc4ccc5[nH]c(C)cc5c4F)c3C(=O)N3CCCCC3)nc2)CC1.Cc1cc2c(F)c(Oc3ncnc(Nc4ccc(N5CCN(C)CC5)cn4)c3C(=O)N3CCCCC3)ccc2[nH]1.Cc1cc2c(F)c(Oc3ncnc(Nc4ccc(N5CCNCC5)cn4)c3C(=O)N3CCCCC3)ccc2[nH]1. The number of pyridine rings is 3. The average molecular weight is 1630 g/mol. The summed E-state index contributed by atoms with van der Waals surface area (Å²) < 4.78 is 64.2. The van der Waals surface area contributed by atoms with Gasteiger partial charge >= 0.3 is 0 Å². The number of aryl methyl sites for hydroxylation is 3. The van der Waals surface area contributed by atoms with E-state index in [0.717, 1.165) is 177 Å². The van der Waals surface area contributed by atoms with E-state index in [0.29, 0.717) is 89.4 Å².